The van der Waals surface area contributed by atoms with E-state index in [2.05, 4.69) is 73.5 Å². The van der Waals surface area contributed by atoms with Gasteiger partial charge in [0.25, 0.3) is 0 Å². The second-order valence-corrected chi connectivity index (χ2v) is 28.9. The highest BCUT2D eigenvalue weighted by Gasteiger charge is 2.22. The number of nitrogens with zero attached hydrogens (tertiary/aromatic N) is 15. The van der Waals surface area contributed by atoms with Crippen molar-refractivity contribution in [2.45, 2.75) is 6.42 Å². The lowest BCUT2D eigenvalue weighted by Gasteiger charge is -2.35. The first-order valence-corrected chi connectivity index (χ1v) is 42.1. The van der Waals surface area contributed by atoms with Gasteiger partial charge in [-0.3, -0.25) is 63.7 Å². The molecule has 0 rings (SSSR count). The molecular formula is C80H177N15O17. The van der Waals surface area contributed by atoms with Gasteiger partial charge in [0.05, 0.1) is 112 Å². The molecule has 32 heteroatoms. The molecule has 674 valence electrons. The van der Waals surface area contributed by atoms with Crippen molar-refractivity contribution >= 4 is 0 Å². The van der Waals surface area contributed by atoms with Crippen molar-refractivity contribution in [1.82, 2.24) is 73.5 Å². The van der Waals surface area contributed by atoms with Crippen molar-refractivity contribution in [2.75, 3.05) is 528 Å². The third kappa shape index (κ3) is 66.5. The lowest BCUT2D eigenvalue weighted by Crippen LogP contribution is -2.48. The zero-order valence-electron chi connectivity index (χ0n) is 75.2. The third-order valence-electron chi connectivity index (χ3n) is 20.9. The molecule has 0 unspecified atom stereocenters. The van der Waals surface area contributed by atoms with E-state index < -0.39 is 0 Å². The van der Waals surface area contributed by atoms with Crippen LogP contribution >= 0.6 is 0 Å². The van der Waals surface area contributed by atoms with Crippen molar-refractivity contribution < 1.29 is 80.5 Å². The lowest BCUT2D eigenvalue weighted by molar-refractivity contribution is 0.0819. The highest BCUT2D eigenvalue weighted by molar-refractivity contribution is 4.78. The summed E-state index contributed by atoms with van der Waals surface area (Å²) in [6.07, 6.45) is 1.01. The molecule has 0 saturated heterocycles. The van der Waals surface area contributed by atoms with E-state index in [0.29, 0.717) is 112 Å². The summed E-state index contributed by atoms with van der Waals surface area (Å²) in [6, 6.07) is 0. The monoisotopic (exact) mass is 1620 g/mol. The van der Waals surface area contributed by atoms with Crippen molar-refractivity contribution in [2.24, 2.45) is 0 Å². The van der Waals surface area contributed by atoms with E-state index in [0.717, 1.165) is 301 Å². The number of hydrogen-bond acceptors (Lipinski definition) is 32. The first-order chi connectivity index (χ1) is 54.9. The standard InChI is InChI=1S/C80H177N15O17/c1-96-64-47-84(33-34-89(52-69-101-6)35-36-90(53-70-102-7)41-46-95(62-79-111-16)63-80-112-17)28-22-81(21-25-83(26-31-87(50-67-99-4)39-44-93(58-75-107-12)59-76-108-13)27-32-88(51-68-100-5)40-45-94(60-77-109-14)61-78-110-15)19-18-20-82(23-29-85(48-65-97-2)37-42-91(54-71-103-8)55-72-104-9)24-30-86(49-66-98-3)38-43-92(56-73-105-10)57-74-106-11/h18-80H2,1-17H3. The normalized spacial score (nSPS) is 12.6. The second kappa shape index (κ2) is 84.7. The number of methoxy groups -OCH3 is 17. The fourth-order valence-electron chi connectivity index (χ4n) is 13.0. The van der Waals surface area contributed by atoms with Crippen LogP contribution in [0.25, 0.3) is 0 Å². The van der Waals surface area contributed by atoms with Crippen molar-refractivity contribution in [3.63, 3.8) is 0 Å². The summed E-state index contributed by atoms with van der Waals surface area (Å²) < 4.78 is 96.1. The van der Waals surface area contributed by atoms with Gasteiger partial charge in [-0.1, -0.05) is 0 Å². The van der Waals surface area contributed by atoms with Crippen LogP contribution in [-0.4, -0.2) is 601 Å². The summed E-state index contributed by atoms with van der Waals surface area (Å²) in [7, 11) is 30.5. The molecule has 0 aromatic heterocycles. The summed E-state index contributed by atoms with van der Waals surface area (Å²) >= 11 is 0. The Kier molecular flexibility index (Phi) is 83.8. The molecular weight excluding hydrogens is 1440 g/mol. The molecule has 0 fully saturated rings. The lowest BCUT2D eigenvalue weighted by atomic mass is 10.3. The van der Waals surface area contributed by atoms with Gasteiger partial charge < -0.3 is 90.3 Å². The maximum atomic E-state index is 5.91. The maximum Gasteiger partial charge on any atom is 0.0589 e. The van der Waals surface area contributed by atoms with Crippen LogP contribution in [0.4, 0.5) is 0 Å². The van der Waals surface area contributed by atoms with Gasteiger partial charge in [-0.15, -0.1) is 0 Å². The Labute approximate surface area is 685 Å². The van der Waals surface area contributed by atoms with E-state index in [1.165, 1.54) is 0 Å². The van der Waals surface area contributed by atoms with Gasteiger partial charge >= 0.3 is 0 Å². The van der Waals surface area contributed by atoms with E-state index in [-0.39, 0.29) is 0 Å². The molecule has 0 aromatic carbocycles. The molecule has 0 aliphatic heterocycles. The predicted octanol–water partition coefficient (Wildman–Crippen LogP) is -0.105. The van der Waals surface area contributed by atoms with Gasteiger partial charge in [0.1, 0.15) is 0 Å². The second-order valence-electron chi connectivity index (χ2n) is 28.9. The summed E-state index contributed by atoms with van der Waals surface area (Å²) in [4.78, 5) is 38.7. The number of rotatable bonds is 94. The topological polar surface area (TPSA) is 206 Å². The average molecular weight is 1620 g/mol. The molecule has 0 bridgehead atoms. The molecule has 0 spiro atoms. The molecule has 0 aliphatic rings. The summed E-state index contributed by atoms with van der Waals surface area (Å²) in [5.74, 6) is 0. The Balaban J connectivity index is 8.03. The molecule has 0 atom stereocenters. The van der Waals surface area contributed by atoms with Crippen LogP contribution in [0.2, 0.25) is 0 Å². The molecule has 0 aliphatic carbocycles. The van der Waals surface area contributed by atoms with Gasteiger partial charge in [-0.25, -0.2) is 0 Å². The Hall–Kier alpha value is -1.28. The van der Waals surface area contributed by atoms with Crippen LogP contribution < -0.4 is 0 Å². The minimum Gasteiger partial charge on any atom is -0.383 e. The Morgan fingerprint density at radius 2 is 0.152 bits per heavy atom. The molecule has 112 heavy (non-hydrogen) atoms. The van der Waals surface area contributed by atoms with E-state index in [1.807, 2.05) is 42.7 Å². The minimum atomic E-state index is 0.653. The molecule has 0 saturated carbocycles. The summed E-state index contributed by atoms with van der Waals surface area (Å²) in [5, 5.41) is 0. The average Bonchev–Trinajstić information content (AvgIpc) is 0.909. The van der Waals surface area contributed by atoms with Crippen LogP contribution in [0.3, 0.4) is 0 Å². The summed E-state index contributed by atoms with van der Waals surface area (Å²) in [5.41, 5.74) is 0. The van der Waals surface area contributed by atoms with Gasteiger partial charge in [-0.2, -0.15) is 0 Å². The van der Waals surface area contributed by atoms with E-state index in [4.69, 9.17) is 80.5 Å². The third-order valence-corrected chi connectivity index (χ3v) is 20.9. The Morgan fingerprint density at radius 1 is 0.0893 bits per heavy atom. The smallest absolute Gasteiger partial charge is 0.0589 e. The van der Waals surface area contributed by atoms with Crippen molar-refractivity contribution in [3.8, 4) is 0 Å². The molecule has 32 nitrogen and oxygen atoms in total. The molecule has 0 amide bonds. The highest BCUT2D eigenvalue weighted by Crippen LogP contribution is 2.08. The van der Waals surface area contributed by atoms with Gasteiger partial charge in [0.2, 0.25) is 0 Å². The molecule has 0 N–H and O–H groups in total. The first-order valence-electron chi connectivity index (χ1n) is 42.1. The number of hydrogen-bond donors (Lipinski definition) is 0. The highest BCUT2D eigenvalue weighted by atomic mass is 16.5. The zero-order valence-corrected chi connectivity index (χ0v) is 75.2. The van der Waals surface area contributed by atoms with E-state index >= 15 is 0 Å². The van der Waals surface area contributed by atoms with Crippen molar-refractivity contribution in [3.05, 3.63) is 0 Å². The van der Waals surface area contributed by atoms with Crippen LogP contribution in [-0.2, 0) is 80.5 Å². The minimum absolute atomic E-state index is 0.653. The SMILES string of the molecule is COCCN(CCOC)CCN(CCOC)CCN(CCCN(CCN(CCOC)CCN(CCOC)CCN(CCOC)CCN(CCOC)CCOC)CCN(CCN(CCOC)CCN(CCOC)CCOC)CCN(CCOC)CCN(CCOC)CCOC)CCN(CCOC)CCN(CCOC)CCOC. The fraction of sp³-hybridized carbons (Fsp3) is 1.00. The number of ether oxygens (including phenoxy) is 17. The van der Waals surface area contributed by atoms with E-state index in [1.54, 1.807) is 78.2 Å². The maximum absolute atomic E-state index is 5.91. The summed E-state index contributed by atoms with van der Waals surface area (Å²) in [6.45, 7) is 51.8. The fourth-order valence-corrected chi connectivity index (χ4v) is 13.0. The first kappa shape index (κ1) is 111. The molecule has 0 aromatic rings. The van der Waals surface area contributed by atoms with Crippen LogP contribution in [0, 0.1) is 0 Å². The van der Waals surface area contributed by atoms with Crippen LogP contribution in [0.1, 0.15) is 6.42 Å². The predicted molar refractivity (Wildman–Crippen MR) is 453 cm³/mol. The zero-order chi connectivity index (χ0) is 82.2. The van der Waals surface area contributed by atoms with Gasteiger partial charge in [0.15, 0.2) is 0 Å². The Morgan fingerprint density at radius 3 is 0.232 bits per heavy atom. The molecule has 0 radical (unpaired) electrons. The van der Waals surface area contributed by atoms with Crippen molar-refractivity contribution in [1.29, 1.82) is 0 Å². The van der Waals surface area contributed by atoms with Crippen LogP contribution in [0.15, 0.2) is 0 Å². The van der Waals surface area contributed by atoms with Gasteiger partial charge in [0, 0.05) is 402 Å². The van der Waals surface area contributed by atoms with E-state index in [9.17, 15) is 0 Å². The van der Waals surface area contributed by atoms with Gasteiger partial charge in [-0.05, 0) is 19.5 Å². The quantitative estimate of drug-likeness (QED) is 0.0780. The van der Waals surface area contributed by atoms with Crippen LogP contribution in [0.5, 0.6) is 0 Å². The Bertz CT molecular complexity index is 1750. The molecule has 0 heterocycles. The largest absolute Gasteiger partial charge is 0.383 e.